The molecule has 0 fully saturated rings. The van der Waals surface area contributed by atoms with Crippen molar-refractivity contribution in [2.75, 3.05) is 6.61 Å². The van der Waals surface area contributed by atoms with Gasteiger partial charge in [0.1, 0.15) is 5.75 Å². The summed E-state index contributed by atoms with van der Waals surface area (Å²) in [5.41, 5.74) is 6.22. The van der Waals surface area contributed by atoms with Crippen molar-refractivity contribution < 1.29 is 18.6 Å². The number of rotatable bonds is 4. The molecule has 0 radical (unpaired) electrons. The zero-order valence-corrected chi connectivity index (χ0v) is 9.25. The topological polar surface area (TPSA) is 55.5 Å². The fourth-order valence-corrected chi connectivity index (χ4v) is 1.73. The van der Waals surface area contributed by atoms with E-state index in [1.165, 1.54) is 18.2 Å². The van der Waals surface area contributed by atoms with Crippen LogP contribution in [0.3, 0.4) is 0 Å². The van der Waals surface area contributed by atoms with Gasteiger partial charge in [-0.2, -0.15) is 8.78 Å². The summed E-state index contributed by atoms with van der Waals surface area (Å²) in [4.78, 5) is 0. The summed E-state index contributed by atoms with van der Waals surface area (Å²) in [7, 11) is 0. The minimum atomic E-state index is -2.85. The normalized spacial score (nSPS) is 12.9. The predicted molar refractivity (Wildman–Crippen MR) is 54.8 cm³/mol. The third-order valence-corrected chi connectivity index (χ3v) is 2.48. The van der Waals surface area contributed by atoms with Crippen LogP contribution < -0.4 is 10.5 Å². The van der Waals surface area contributed by atoms with Crippen LogP contribution in [-0.2, 0) is 0 Å². The number of halogens is 3. The summed E-state index contributed by atoms with van der Waals surface area (Å²) in [6, 6.07) is 3.75. The highest BCUT2D eigenvalue weighted by Gasteiger charge is 2.11. The third-order valence-electron chi connectivity index (χ3n) is 1.79. The van der Waals surface area contributed by atoms with Crippen LogP contribution in [0.5, 0.6) is 5.75 Å². The minimum absolute atomic E-state index is 0.0470. The van der Waals surface area contributed by atoms with Crippen molar-refractivity contribution in [1.29, 1.82) is 0 Å². The van der Waals surface area contributed by atoms with Crippen molar-refractivity contribution in [2.45, 2.75) is 12.7 Å². The van der Waals surface area contributed by atoms with E-state index in [4.69, 9.17) is 10.8 Å². The molecule has 3 nitrogen and oxygen atoms in total. The molecule has 15 heavy (non-hydrogen) atoms. The molecule has 0 saturated heterocycles. The average molecular weight is 282 g/mol. The van der Waals surface area contributed by atoms with Gasteiger partial charge >= 0.3 is 6.61 Å². The highest BCUT2D eigenvalue weighted by Crippen LogP contribution is 2.27. The zero-order chi connectivity index (χ0) is 11.4. The number of benzene rings is 1. The van der Waals surface area contributed by atoms with Crippen LogP contribution in [0.1, 0.15) is 11.6 Å². The third kappa shape index (κ3) is 3.40. The lowest BCUT2D eigenvalue weighted by atomic mass is 10.1. The van der Waals surface area contributed by atoms with Crippen molar-refractivity contribution >= 4 is 15.9 Å². The number of alkyl halides is 2. The van der Waals surface area contributed by atoms with Crippen molar-refractivity contribution in [3.8, 4) is 5.75 Å². The van der Waals surface area contributed by atoms with Crippen LogP contribution in [0.25, 0.3) is 0 Å². The van der Waals surface area contributed by atoms with Gasteiger partial charge in [-0.15, -0.1) is 0 Å². The van der Waals surface area contributed by atoms with Crippen molar-refractivity contribution in [2.24, 2.45) is 5.73 Å². The van der Waals surface area contributed by atoms with Crippen LogP contribution in [0.2, 0.25) is 0 Å². The summed E-state index contributed by atoms with van der Waals surface area (Å²) in [6.45, 7) is -3.07. The smallest absolute Gasteiger partial charge is 0.387 e. The van der Waals surface area contributed by atoms with Crippen LogP contribution in [-0.4, -0.2) is 18.3 Å². The Morgan fingerprint density at radius 1 is 1.47 bits per heavy atom. The van der Waals surface area contributed by atoms with Crippen molar-refractivity contribution in [1.82, 2.24) is 0 Å². The molecule has 0 aliphatic carbocycles. The first-order chi connectivity index (χ1) is 7.04. The van der Waals surface area contributed by atoms with Gasteiger partial charge in [0.05, 0.1) is 12.6 Å². The highest BCUT2D eigenvalue weighted by molar-refractivity contribution is 9.10. The van der Waals surface area contributed by atoms with E-state index in [1.54, 1.807) is 0 Å². The Kier molecular flexibility index (Phi) is 4.44. The Bertz CT molecular complexity index is 336. The molecule has 0 aliphatic heterocycles. The van der Waals surface area contributed by atoms with Crippen LogP contribution >= 0.6 is 15.9 Å². The molecule has 0 amide bonds. The molecule has 0 aromatic heterocycles. The Morgan fingerprint density at radius 2 is 2.13 bits per heavy atom. The molecule has 6 heteroatoms. The Hall–Kier alpha value is -0.720. The summed E-state index contributed by atoms with van der Waals surface area (Å²) in [6.07, 6.45) is 0. The zero-order valence-electron chi connectivity index (χ0n) is 7.66. The van der Waals surface area contributed by atoms with Gasteiger partial charge in [-0.3, -0.25) is 0 Å². The van der Waals surface area contributed by atoms with Gasteiger partial charge in [-0.1, -0.05) is 22.0 Å². The van der Waals surface area contributed by atoms with Gasteiger partial charge in [-0.25, -0.2) is 0 Å². The lowest BCUT2D eigenvalue weighted by Crippen LogP contribution is -2.15. The molecule has 0 unspecified atom stereocenters. The van der Waals surface area contributed by atoms with Gasteiger partial charge in [-0.05, 0) is 17.7 Å². The fourth-order valence-electron chi connectivity index (χ4n) is 1.08. The molecule has 0 bridgehead atoms. The van der Waals surface area contributed by atoms with E-state index in [-0.39, 0.29) is 12.4 Å². The highest BCUT2D eigenvalue weighted by atomic mass is 79.9. The van der Waals surface area contributed by atoms with Gasteiger partial charge in [0.25, 0.3) is 0 Å². The lowest BCUT2D eigenvalue weighted by Gasteiger charge is -2.12. The average Bonchev–Trinajstić information content (AvgIpc) is 2.16. The molecular weight excluding hydrogens is 272 g/mol. The first-order valence-electron chi connectivity index (χ1n) is 4.15. The van der Waals surface area contributed by atoms with Crippen LogP contribution in [0.15, 0.2) is 22.7 Å². The molecule has 1 aromatic rings. The van der Waals surface area contributed by atoms with E-state index in [2.05, 4.69) is 20.7 Å². The molecule has 1 rings (SSSR count). The number of aliphatic hydroxyl groups is 1. The van der Waals surface area contributed by atoms with E-state index >= 15 is 0 Å². The van der Waals surface area contributed by atoms with Gasteiger partial charge in [0.15, 0.2) is 0 Å². The first kappa shape index (κ1) is 12.4. The van der Waals surface area contributed by atoms with Crippen molar-refractivity contribution in [3.05, 3.63) is 28.2 Å². The Balaban J connectivity index is 2.88. The number of hydrogen-bond donors (Lipinski definition) is 2. The van der Waals surface area contributed by atoms with Crippen LogP contribution in [0.4, 0.5) is 8.78 Å². The molecular formula is C9H10BrF2NO2. The maximum absolute atomic E-state index is 11.9. The van der Waals surface area contributed by atoms with Gasteiger partial charge in [0.2, 0.25) is 0 Å². The van der Waals surface area contributed by atoms with E-state index in [1.807, 2.05) is 0 Å². The standard InChI is InChI=1S/C9H10BrF2NO2/c10-7-3-5(15-9(11)12)1-2-6(7)8(13)4-14/h1-3,8-9,14H,4,13H2/t8-/m1/s1. The number of ether oxygens (including phenoxy) is 1. The van der Waals surface area contributed by atoms with E-state index in [0.29, 0.717) is 10.0 Å². The monoisotopic (exact) mass is 281 g/mol. The second-order valence-corrected chi connectivity index (χ2v) is 3.71. The predicted octanol–water partition coefficient (Wildman–Crippen LogP) is 2.04. The molecule has 1 aromatic carbocycles. The lowest BCUT2D eigenvalue weighted by molar-refractivity contribution is -0.0498. The van der Waals surface area contributed by atoms with E-state index in [0.717, 1.165) is 0 Å². The van der Waals surface area contributed by atoms with E-state index in [9.17, 15) is 8.78 Å². The number of aliphatic hydroxyl groups excluding tert-OH is 1. The summed E-state index contributed by atoms with van der Waals surface area (Å²) >= 11 is 3.16. The molecule has 1 atom stereocenters. The quantitative estimate of drug-likeness (QED) is 0.888. The largest absolute Gasteiger partial charge is 0.435 e. The number of nitrogens with two attached hydrogens (primary N) is 1. The maximum Gasteiger partial charge on any atom is 0.387 e. The summed E-state index contributed by atoms with van der Waals surface area (Å²) < 4.78 is 28.5. The molecule has 0 saturated carbocycles. The summed E-state index contributed by atoms with van der Waals surface area (Å²) in [5.74, 6) is 0.0470. The van der Waals surface area contributed by atoms with E-state index < -0.39 is 12.7 Å². The van der Waals surface area contributed by atoms with Gasteiger partial charge in [0, 0.05) is 4.47 Å². The van der Waals surface area contributed by atoms with Gasteiger partial charge < -0.3 is 15.6 Å². The van der Waals surface area contributed by atoms with Crippen LogP contribution in [0, 0.1) is 0 Å². The second kappa shape index (κ2) is 5.39. The SMILES string of the molecule is N[C@H](CO)c1ccc(OC(F)F)cc1Br. The summed E-state index contributed by atoms with van der Waals surface area (Å²) in [5, 5.41) is 8.83. The maximum atomic E-state index is 11.9. The first-order valence-corrected chi connectivity index (χ1v) is 4.94. The minimum Gasteiger partial charge on any atom is -0.435 e. The molecule has 84 valence electrons. The molecule has 3 N–H and O–H groups in total. The second-order valence-electron chi connectivity index (χ2n) is 2.85. The molecule has 0 spiro atoms. The van der Waals surface area contributed by atoms with Crippen molar-refractivity contribution in [3.63, 3.8) is 0 Å². The molecule has 0 aliphatic rings. The number of hydrogen-bond acceptors (Lipinski definition) is 3. The Labute approximate surface area is 94.0 Å². The Morgan fingerprint density at radius 3 is 2.60 bits per heavy atom. The fraction of sp³-hybridized carbons (Fsp3) is 0.333. The molecule has 0 heterocycles.